The fourth-order valence-electron chi connectivity index (χ4n) is 2.31. The molecule has 0 bridgehead atoms. The minimum Gasteiger partial charge on any atom is -0.497 e. The SMILES string of the molecule is COc1ccc([C@@H]2OC[C@@H](C)[C@H]([C@H](C)C=O)O2)cc1. The van der Waals surface area contributed by atoms with Gasteiger partial charge >= 0.3 is 0 Å². The van der Waals surface area contributed by atoms with Gasteiger partial charge in [0.2, 0.25) is 0 Å². The molecule has 1 aromatic rings. The van der Waals surface area contributed by atoms with Crippen molar-refractivity contribution < 1.29 is 19.0 Å². The maximum atomic E-state index is 10.9. The lowest BCUT2D eigenvalue weighted by Crippen LogP contribution is -2.39. The number of hydrogen-bond acceptors (Lipinski definition) is 4. The van der Waals surface area contributed by atoms with Gasteiger partial charge in [-0.1, -0.05) is 26.0 Å². The van der Waals surface area contributed by atoms with E-state index in [4.69, 9.17) is 14.2 Å². The van der Waals surface area contributed by atoms with Crippen molar-refractivity contribution in [2.45, 2.75) is 26.2 Å². The van der Waals surface area contributed by atoms with Crippen molar-refractivity contribution in [2.75, 3.05) is 13.7 Å². The van der Waals surface area contributed by atoms with Crippen LogP contribution in [0.25, 0.3) is 0 Å². The Morgan fingerprint density at radius 3 is 2.63 bits per heavy atom. The highest BCUT2D eigenvalue weighted by molar-refractivity contribution is 5.53. The normalized spacial score (nSPS) is 28.7. The molecule has 4 nitrogen and oxygen atoms in total. The first-order valence-corrected chi connectivity index (χ1v) is 6.52. The van der Waals surface area contributed by atoms with Gasteiger partial charge in [-0.2, -0.15) is 0 Å². The highest BCUT2D eigenvalue weighted by atomic mass is 16.7. The first-order chi connectivity index (χ1) is 9.15. The number of carbonyl (C=O) groups is 1. The Labute approximate surface area is 113 Å². The van der Waals surface area contributed by atoms with E-state index in [1.165, 1.54) is 0 Å². The van der Waals surface area contributed by atoms with Crippen LogP contribution in [0.15, 0.2) is 24.3 Å². The topological polar surface area (TPSA) is 44.8 Å². The van der Waals surface area contributed by atoms with E-state index in [9.17, 15) is 4.79 Å². The highest BCUT2D eigenvalue weighted by Gasteiger charge is 2.33. The summed E-state index contributed by atoms with van der Waals surface area (Å²) in [5.41, 5.74) is 0.941. The van der Waals surface area contributed by atoms with Crippen LogP contribution >= 0.6 is 0 Å². The van der Waals surface area contributed by atoms with E-state index in [1.807, 2.05) is 38.1 Å². The monoisotopic (exact) mass is 264 g/mol. The molecule has 1 aromatic carbocycles. The van der Waals surface area contributed by atoms with Crippen molar-refractivity contribution in [3.05, 3.63) is 29.8 Å². The lowest BCUT2D eigenvalue weighted by molar-refractivity contribution is -0.246. The number of carbonyl (C=O) groups excluding carboxylic acids is 1. The summed E-state index contributed by atoms with van der Waals surface area (Å²) in [4.78, 5) is 10.9. The van der Waals surface area contributed by atoms with E-state index in [1.54, 1.807) is 7.11 Å². The zero-order valence-corrected chi connectivity index (χ0v) is 11.5. The van der Waals surface area contributed by atoms with Crippen LogP contribution in [0.4, 0.5) is 0 Å². The summed E-state index contributed by atoms with van der Waals surface area (Å²) in [6.45, 7) is 4.51. The largest absolute Gasteiger partial charge is 0.497 e. The third-order valence-electron chi connectivity index (χ3n) is 3.47. The molecule has 4 heteroatoms. The van der Waals surface area contributed by atoms with Gasteiger partial charge in [-0.25, -0.2) is 0 Å². The Morgan fingerprint density at radius 2 is 2.05 bits per heavy atom. The van der Waals surface area contributed by atoms with E-state index in [2.05, 4.69) is 0 Å². The van der Waals surface area contributed by atoms with Gasteiger partial charge in [0.1, 0.15) is 12.0 Å². The average Bonchev–Trinajstić information content (AvgIpc) is 2.47. The average molecular weight is 264 g/mol. The maximum absolute atomic E-state index is 10.9. The quantitative estimate of drug-likeness (QED) is 0.784. The van der Waals surface area contributed by atoms with Crippen LogP contribution in [-0.4, -0.2) is 26.1 Å². The molecule has 0 amide bonds. The molecule has 104 valence electrons. The molecule has 0 radical (unpaired) electrons. The third kappa shape index (κ3) is 3.14. The van der Waals surface area contributed by atoms with Crippen LogP contribution in [0.5, 0.6) is 5.75 Å². The molecule has 1 aliphatic rings. The van der Waals surface area contributed by atoms with E-state index in [-0.39, 0.29) is 17.9 Å². The Morgan fingerprint density at radius 1 is 1.37 bits per heavy atom. The molecular formula is C15H20O4. The summed E-state index contributed by atoms with van der Waals surface area (Å²) in [6, 6.07) is 7.58. The predicted molar refractivity (Wildman–Crippen MR) is 71.0 cm³/mol. The molecule has 4 atom stereocenters. The van der Waals surface area contributed by atoms with Gasteiger partial charge in [-0.05, 0) is 12.1 Å². The molecule has 0 spiro atoms. The minimum atomic E-state index is -0.408. The summed E-state index contributed by atoms with van der Waals surface area (Å²) in [7, 11) is 1.63. The van der Waals surface area contributed by atoms with E-state index < -0.39 is 6.29 Å². The Balaban J connectivity index is 2.10. The first kappa shape index (κ1) is 14.0. The number of methoxy groups -OCH3 is 1. The lowest BCUT2D eigenvalue weighted by atomic mass is 9.94. The molecular weight excluding hydrogens is 244 g/mol. The minimum absolute atomic E-state index is 0.0987. The van der Waals surface area contributed by atoms with Gasteiger partial charge in [0, 0.05) is 17.4 Å². The molecule has 2 rings (SSSR count). The van der Waals surface area contributed by atoms with Crippen molar-refractivity contribution in [2.24, 2.45) is 11.8 Å². The van der Waals surface area contributed by atoms with E-state index in [0.717, 1.165) is 17.6 Å². The van der Waals surface area contributed by atoms with E-state index in [0.29, 0.717) is 6.61 Å². The second-order valence-electron chi connectivity index (χ2n) is 5.01. The van der Waals surface area contributed by atoms with Crippen LogP contribution in [-0.2, 0) is 14.3 Å². The van der Waals surface area contributed by atoms with Crippen LogP contribution in [0.3, 0.4) is 0 Å². The number of rotatable bonds is 4. The van der Waals surface area contributed by atoms with Crippen LogP contribution < -0.4 is 4.74 Å². The number of hydrogen-bond donors (Lipinski definition) is 0. The molecule has 0 N–H and O–H groups in total. The second-order valence-corrected chi connectivity index (χ2v) is 5.01. The van der Waals surface area contributed by atoms with Gasteiger partial charge in [0.25, 0.3) is 0 Å². The van der Waals surface area contributed by atoms with Gasteiger partial charge < -0.3 is 19.0 Å². The molecule has 0 aromatic heterocycles. The van der Waals surface area contributed by atoms with Gasteiger partial charge in [0.15, 0.2) is 6.29 Å². The summed E-state index contributed by atoms with van der Waals surface area (Å²) in [6.07, 6.45) is 0.435. The summed E-state index contributed by atoms with van der Waals surface area (Å²) in [5, 5.41) is 0. The smallest absolute Gasteiger partial charge is 0.184 e. The standard InChI is InChI=1S/C15H20O4/c1-10(8-16)14-11(2)9-18-15(19-14)12-4-6-13(17-3)7-5-12/h4-8,10-11,14-15H,9H2,1-3H3/t10-,11-,14+,15-/m1/s1. The fourth-order valence-corrected chi connectivity index (χ4v) is 2.31. The molecule has 0 unspecified atom stereocenters. The number of benzene rings is 1. The zero-order valence-electron chi connectivity index (χ0n) is 11.5. The zero-order chi connectivity index (χ0) is 13.8. The second kappa shape index (κ2) is 6.17. The summed E-state index contributed by atoms with van der Waals surface area (Å²) >= 11 is 0. The first-order valence-electron chi connectivity index (χ1n) is 6.52. The van der Waals surface area contributed by atoms with Crippen LogP contribution in [0.1, 0.15) is 25.7 Å². The Hall–Kier alpha value is -1.39. The van der Waals surface area contributed by atoms with Gasteiger partial charge in [0.05, 0.1) is 19.8 Å². The summed E-state index contributed by atoms with van der Waals surface area (Å²) < 4.78 is 16.7. The van der Waals surface area contributed by atoms with Crippen molar-refractivity contribution in [3.8, 4) is 5.75 Å². The molecule has 1 fully saturated rings. The number of aldehydes is 1. The highest BCUT2D eigenvalue weighted by Crippen LogP contribution is 2.32. The Bertz CT molecular complexity index is 415. The van der Waals surface area contributed by atoms with Gasteiger partial charge in [-0.3, -0.25) is 0 Å². The molecule has 0 aliphatic carbocycles. The van der Waals surface area contributed by atoms with Crippen molar-refractivity contribution >= 4 is 6.29 Å². The number of ether oxygens (including phenoxy) is 3. The third-order valence-corrected chi connectivity index (χ3v) is 3.47. The van der Waals surface area contributed by atoms with Crippen molar-refractivity contribution in [3.63, 3.8) is 0 Å². The molecule has 19 heavy (non-hydrogen) atoms. The molecule has 1 heterocycles. The van der Waals surface area contributed by atoms with Crippen LogP contribution in [0.2, 0.25) is 0 Å². The van der Waals surface area contributed by atoms with Crippen molar-refractivity contribution in [1.82, 2.24) is 0 Å². The maximum Gasteiger partial charge on any atom is 0.184 e. The lowest BCUT2D eigenvalue weighted by Gasteiger charge is -2.36. The predicted octanol–water partition coefficient (Wildman–Crippen LogP) is 2.58. The van der Waals surface area contributed by atoms with Crippen LogP contribution in [0, 0.1) is 11.8 Å². The summed E-state index contributed by atoms with van der Waals surface area (Å²) in [5.74, 6) is 0.889. The Kier molecular flexibility index (Phi) is 4.56. The van der Waals surface area contributed by atoms with E-state index >= 15 is 0 Å². The molecule has 1 aliphatic heterocycles. The molecule has 1 saturated heterocycles. The van der Waals surface area contributed by atoms with Crippen molar-refractivity contribution in [1.29, 1.82) is 0 Å². The molecule has 0 saturated carbocycles. The van der Waals surface area contributed by atoms with Gasteiger partial charge in [-0.15, -0.1) is 0 Å². The fraction of sp³-hybridized carbons (Fsp3) is 0.533.